The minimum absolute atomic E-state index is 0.0806. The van der Waals surface area contributed by atoms with E-state index in [0.717, 1.165) is 12.0 Å². The first-order valence-electron chi connectivity index (χ1n) is 7.17. The molecule has 0 aliphatic heterocycles. The molecule has 22 heavy (non-hydrogen) atoms. The molecule has 1 aromatic heterocycles. The summed E-state index contributed by atoms with van der Waals surface area (Å²) in [6.45, 7) is 2.44. The lowest BCUT2D eigenvalue weighted by atomic mass is 10.2. The van der Waals surface area contributed by atoms with Gasteiger partial charge in [-0.05, 0) is 35.7 Å². The van der Waals surface area contributed by atoms with Crippen molar-refractivity contribution in [2.45, 2.75) is 19.9 Å². The van der Waals surface area contributed by atoms with Crippen LogP contribution in [0.25, 0.3) is 0 Å². The Morgan fingerprint density at radius 1 is 1.14 bits per heavy atom. The Bertz CT molecular complexity index is 670. The van der Waals surface area contributed by atoms with E-state index in [1.807, 2.05) is 30.3 Å². The van der Waals surface area contributed by atoms with E-state index in [1.165, 1.54) is 5.56 Å². The van der Waals surface area contributed by atoms with Crippen molar-refractivity contribution in [3.05, 3.63) is 59.9 Å². The molecule has 0 bridgehead atoms. The second-order valence-electron chi connectivity index (χ2n) is 4.85. The quantitative estimate of drug-likeness (QED) is 0.809. The fraction of sp³-hybridized carbons (Fsp3) is 0.312. The van der Waals surface area contributed by atoms with Gasteiger partial charge in [-0.2, -0.15) is 0 Å². The third-order valence-corrected chi connectivity index (χ3v) is 4.46. The molecule has 0 amide bonds. The van der Waals surface area contributed by atoms with Crippen LogP contribution in [0.1, 0.15) is 18.1 Å². The summed E-state index contributed by atoms with van der Waals surface area (Å²) in [7, 11) is -3.37. The average molecular weight is 320 g/mol. The fourth-order valence-corrected chi connectivity index (χ4v) is 2.69. The van der Waals surface area contributed by atoms with Crippen LogP contribution in [-0.4, -0.2) is 25.8 Å². The highest BCUT2D eigenvalue weighted by molar-refractivity contribution is 7.89. The molecule has 5 nitrogen and oxygen atoms in total. The lowest BCUT2D eigenvalue weighted by Gasteiger charge is -2.09. The summed E-state index contributed by atoms with van der Waals surface area (Å²) in [5, 5.41) is 0. The Morgan fingerprint density at radius 3 is 2.55 bits per heavy atom. The summed E-state index contributed by atoms with van der Waals surface area (Å²) in [6.07, 6.45) is 4.25. The van der Waals surface area contributed by atoms with E-state index < -0.39 is 10.0 Å². The molecule has 0 unspecified atom stereocenters. The highest BCUT2D eigenvalue weighted by atomic mass is 32.2. The maximum atomic E-state index is 11.9. The molecule has 1 N–H and O–H groups in total. The van der Waals surface area contributed by atoms with Gasteiger partial charge in [0.05, 0.1) is 5.75 Å². The Labute approximate surface area is 131 Å². The van der Waals surface area contributed by atoms with Crippen molar-refractivity contribution in [2.75, 3.05) is 12.4 Å². The summed E-state index contributed by atoms with van der Waals surface area (Å²) < 4.78 is 31.8. The molecular weight excluding hydrogens is 300 g/mol. The molecule has 118 valence electrons. The summed E-state index contributed by atoms with van der Waals surface area (Å²) in [5.74, 6) is 0.600. The van der Waals surface area contributed by atoms with E-state index in [2.05, 4.69) is 16.6 Å². The number of aromatic nitrogens is 1. The molecule has 1 aromatic carbocycles. The fourth-order valence-electron chi connectivity index (χ4n) is 1.86. The Balaban J connectivity index is 1.77. The first-order valence-corrected chi connectivity index (χ1v) is 8.82. The predicted molar refractivity (Wildman–Crippen MR) is 86.2 cm³/mol. The van der Waals surface area contributed by atoms with Crippen molar-refractivity contribution in [2.24, 2.45) is 0 Å². The van der Waals surface area contributed by atoms with Crippen LogP contribution in [0.3, 0.4) is 0 Å². The van der Waals surface area contributed by atoms with E-state index in [4.69, 9.17) is 4.74 Å². The molecule has 0 saturated heterocycles. The monoisotopic (exact) mass is 320 g/mol. The normalized spacial score (nSPS) is 11.3. The molecule has 2 rings (SSSR count). The van der Waals surface area contributed by atoms with Crippen LogP contribution in [0.5, 0.6) is 5.75 Å². The smallest absolute Gasteiger partial charge is 0.215 e. The van der Waals surface area contributed by atoms with Crippen molar-refractivity contribution < 1.29 is 13.2 Å². The number of hydrogen-bond acceptors (Lipinski definition) is 4. The zero-order valence-corrected chi connectivity index (χ0v) is 13.3. The molecule has 0 atom stereocenters. The number of rotatable bonds is 8. The molecular formula is C16H20N2O3S. The van der Waals surface area contributed by atoms with Gasteiger partial charge in [-0.1, -0.05) is 25.1 Å². The number of pyridine rings is 1. The van der Waals surface area contributed by atoms with Gasteiger partial charge in [0.1, 0.15) is 12.4 Å². The largest absolute Gasteiger partial charge is 0.492 e. The average Bonchev–Trinajstić information content (AvgIpc) is 2.55. The molecule has 0 aliphatic carbocycles. The third-order valence-electron chi connectivity index (χ3n) is 3.17. The molecule has 0 fully saturated rings. The summed E-state index contributed by atoms with van der Waals surface area (Å²) in [4.78, 5) is 3.94. The van der Waals surface area contributed by atoms with Gasteiger partial charge in [-0.15, -0.1) is 0 Å². The highest BCUT2D eigenvalue weighted by Crippen LogP contribution is 2.12. The zero-order valence-electron chi connectivity index (χ0n) is 12.5. The van der Waals surface area contributed by atoms with E-state index in [0.29, 0.717) is 5.75 Å². The Morgan fingerprint density at radius 2 is 1.91 bits per heavy atom. The van der Waals surface area contributed by atoms with Crippen LogP contribution in [0.4, 0.5) is 0 Å². The van der Waals surface area contributed by atoms with E-state index >= 15 is 0 Å². The van der Waals surface area contributed by atoms with Gasteiger partial charge in [0.15, 0.2) is 0 Å². The second-order valence-corrected chi connectivity index (χ2v) is 6.77. The van der Waals surface area contributed by atoms with Crippen molar-refractivity contribution >= 4 is 10.0 Å². The lowest BCUT2D eigenvalue weighted by molar-refractivity contribution is 0.340. The van der Waals surface area contributed by atoms with Crippen molar-refractivity contribution in [3.8, 4) is 5.75 Å². The van der Waals surface area contributed by atoms with E-state index in [-0.39, 0.29) is 18.9 Å². The van der Waals surface area contributed by atoms with Crippen LogP contribution >= 0.6 is 0 Å². The number of aryl methyl sites for hydroxylation is 1. The van der Waals surface area contributed by atoms with Crippen LogP contribution in [0.15, 0.2) is 48.8 Å². The molecule has 1 heterocycles. The third kappa shape index (κ3) is 5.46. The minimum atomic E-state index is -3.37. The number of nitrogens with one attached hydrogen (secondary N) is 1. The maximum absolute atomic E-state index is 11.9. The van der Waals surface area contributed by atoms with Crippen molar-refractivity contribution in [3.63, 3.8) is 0 Å². The van der Waals surface area contributed by atoms with Gasteiger partial charge < -0.3 is 4.74 Å². The Hall–Kier alpha value is -1.92. The van der Waals surface area contributed by atoms with Crippen LogP contribution in [0.2, 0.25) is 0 Å². The molecule has 0 radical (unpaired) electrons. The molecule has 6 heteroatoms. The topological polar surface area (TPSA) is 68.3 Å². The lowest BCUT2D eigenvalue weighted by Crippen LogP contribution is -2.28. The van der Waals surface area contributed by atoms with Gasteiger partial charge in [0.25, 0.3) is 0 Å². The molecule has 0 saturated carbocycles. The first-order chi connectivity index (χ1) is 10.6. The predicted octanol–water partition coefficient (Wildman–Crippen LogP) is 2.14. The van der Waals surface area contributed by atoms with E-state index in [9.17, 15) is 8.42 Å². The van der Waals surface area contributed by atoms with Crippen LogP contribution in [-0.2, 0) is 23.0 Å². The van der Waals surface area contributed by atoms with E-state index in [1.54, 1.807) is 18.5 Å². The molecule has 0 spiro atoms. The van der Waals surface area contributed by atoms with Crippen LogP contribution < -0.4 is 9.46 Å². The minimum Gasteiger partial charge on any atom is -0.492 e. The molecule has 0 aliphatic rings. The first kappa shape index (κ1) is 16.5. The summed E-state index contributed by atoms with van der Waals surface area (Å²) in [5.41, 5.74) is 2.04. The standard InChI is InChI=1S/C16H20N2O3S/c1-2-14-5-7-16(8-6-14)21-10-11-22(19,20)18-13-15-4-3-9-17-12-15/h3-9,12,18H,2,10-11,13H2,1H3. The zero-order chi connectivity index (χ0) is 15.8. The number of ether oxygens (including phenoxy) is 1. The van der Waals surface area contributed by atoms with Gasteiger partial charge in [0, 0.05) is 18.9 Å². The number of sulfonamides is 1. The molecule has 2 aromatic rings. The van der Waals surface area contributed by atoms with Gasteiger partial charge in [-0.25, -0.2) is 13.1 Å². The number of nitrogens with zero attached hydrogens (tertiary/aromatic N) is 1. The maximum Gasteiger partial charge on any atom is 0.215 e. The Kier molecular flexibility index (Phi) is 5.91. The second kappa shape index (κ2) is 7.91. The summed E-state index contributed by atoms with van der Waals surface area (Å²) >= 11 is 0. The van der Waals surface area contributed by atoms with Gasteiger partial charge >= 0.3 is 0 Å². The number of hydrogen-bond donors (Lipinski definition) is 1. The van der Waals surface area contributed by atoms with Crippen molar-refractivity contribution in [1.29, 1.82) is 0 Å². The highest BCUT2D eigenvalue weighted by Gasteiger charge is 2.10. The SMILES string of the molecule is CCc1ccc(OCCS(=O)(=O)NCc2cccnc2)cc1. The van der Waals surface area contributed by atoms with Crippen LogP contribution in [0, 0.1) is 0 Å². The van der Waals surface area contributed by atoms with Gasteiger partial charge in [-0.3, -0.25) is 4.98 Å². The van der Waals surface area contributed by atoms with Crippen molar-refractivity contribution in [1.82, 2.24) is 9.71 Å². The summed E-state index contributed by atoms with van der Waals surface area (Å²) in [6, 6.07) is 11.3. The number of benzene rings is 1. The van der Waals surface area contributed by atoms with Gasteiger partial charge in [0.2, 0.25) is 10.0 Å².